The Morgan fingerprint density at radius 1 is 1.72 bits per heavy atom. The topological polar surface area (TPSA) is 121 Å². The van der Waals surface area contributed by atoms with Crippen molar-refractivity contribution in [1.82, 2.24) is 4.98 Å². The van der Waals surface area contributed by atoms with E-state index in [0.29, 0.717) is 16.9 Å². The van der Waals surface area contributed by atoms with Gasteiger partial charge in [0.2, 0.25) is 5.88 Å². The highest BCUT2D eigenvalue weighted by atomic mass is 16.5. The highest BCUT2D eigenvalue weighted by molar-refractivity contribution is 5.53. The molecule has 0 unspecified atom stereocenters. The second kappa shape index (κ2) is 5.86. The Labute approximate surface area is 105 Å². The van der Waals surface area contributed by atoms with Crippen LogP contribution in [0.1, 0.15) is 11.1 Å². The number of anilines is 1. The molecule has 96 valence electrons. The van der Waals surface area contributed by atoms with Crippen molar-refractivity contribution >= 4 is 5.82 Å². The quantitative estimate of drug-likeness (QED) is 0.496. The molecule has 0 saturated heterocycles. The molecule has 0 aromatic carbocycles. The molecule has 0 bridgehead atoms. The summed E-state index contributed by atoms with van der Waals surface area (Å²) in [4.78, 5) is 4.08. The number of nitrogens with zero attached hydrogens (tertiary/aromatic N) is 3. The fourth-order valence-electron chi connectivity index (χ4n) is 1.33. The van der Waals surface area contributed by atoms with Gasteiger partial charge in [-0.05, 0) is 18.6 Å². The minimum absolute atomic E-state index is 0.193. The van der Waals surface area contributed by atoms with Gasteiger partial charge in [-0.2, -0.15) is 10.2 Å². The van der Waals surface area contributed by atoms with Gasteiger partial charge in [0, 0.05) is 6.20 Å². The molecular weight excluding hydrogens is 234 g/mol. The normalized spacial score (nSPS) is 10.9. The van der Waals surface area contributed by atoms with Crippen molar-refractivity contribution in [3.8, 4) is 11.9 Å². The van der Waals surface area contributed by atoms with Crippen LogP contribution in [-0.2, 0) is 0 Å². The van der Waals surface area contributed by atoms with E-state index in [1.54, 1.807) is 13.0 Å². The first-order valence-electron chi connectivity index (χ1n) is 5.10. The van der Waals surface area contributed by atoms with Gasteiger partial charge in [0.05, 0.1) is 19.4 Å². The Balaban J connectivity index is 3.20. The van der Waals surface area contributed by atoms with E-state index in [9.17, 15) is 0 Å². The lowest BCUT2D eigenvalue weighted by Gasteiger charge is -2.16. The fourth-order valence-corrected chi connectivity index (χ4v) is 1.33. The van der Waals surface area contributed by atoms with E-state index in [1.165, 1.54) is 13.3 Å². The fraction of sp³-hybridized carbons (Fsp3) is 0.273. The number of hydrazine groups is 1. The van der Waals surface area contributed by atoms with Crippen LogP contribution >= 0.6 is 0 Å². The number of pyridine rings is 1. The van der Waals surface area contributed by atoms with Crippen LogP contribution in [0.25, 0.3) is 0 Å². The van der Waals surface area contributed by atoms with Crippen molar-refractivity contribution in [3.05, 3.63) is 29.1 Å². The van der Waals surface area contributed by atoms with Crippen LogP contribution in [0.5, 0.6) is 5.88 Å². The molecule has 5 N–H and O–H groups in total. The molecular formula is C11H15N5O2. The van der Waals surface area contributed by atoms with Crippen molar-refractivity contribution in [2.24, 2.45) is 11.6 Å². The van der Waals surface area contributed by atoms with Gasteiger partial charge in [-0.1, -0.05) is 0 Å². The van der Waals surface area contributed by atoms with Gasteiger partial charge in [0.25, 0.3) is 0 Å². The Bertz CT molecular complexity index is 507. The maximum atomic E-state index is 8.96. The minimum Gasteiger partial charge on any atom is -0.480 e. The predicted octanol–water partition coefficient (Wildman–Crippen LogP) is -0.257. The van der Waals surface area contributed by atoms with Crippen LogP contribution in [0.3, 0.4) is 0 Å². The molecule has 0 saturated carbocycles. The number of hydrogen-bond acceptors (Lipinski definition) is 7. The number of methoxy groups -OCH3 is 1. The number of nitrogens with two attached hydrogens (primary N) is 2. The molecule has 0 aliphatic carbocycles. The second-order valence-corrected chi connectivity index (χ2v) is 3.56. The SMILES string of the molecule is COc1nc(N(N)/C=C(\N)CO)cc(C)c1C#N. The Morgan fingerprint density at radius 2 is 2.39 bits per heavy atom. The van der Waals surface area contributed by atoms with Gasteiger partial charge >= 0.3 is 0 Å². The molecule has 7 heteroatoms. The molecule has 1 aromatic rings. The highest BCUT2D eigenvalue weighted by Gasteiger charge is 2.12. The molecule has 7 nitrogen and oxygen atoms in total. The molecule has 1 aromatic heterocycles. The van der Waals surface area contributed by atoms with E-state index in [1.807, 2.05) is 6.07 Å². The zero-order valence-electron chi connectivity index (χ0n) is 10.2. The van der Waals surface area contributed by atoms with E-state index in [-0.39, 0.29) is 18.2 Å². The third-order valence-corrected chi connectivity index (χ3v) is 2.23. The monoisotopic (exact) mass is 249 g/mol. The summed E-state index contributed by atoms with van der Waals surface area (Å²) >= 11 is 0. The summed E-state index contributed by atoms with van der Waals surface area (Å²) < 4.78 is 5.02. The van der Waals surface area contributed by atoms with Gasteiger partial charge in [-0.15, -0.1) is 0 Å². The lowest BCUT2D eigenvalue weighted by molar-refractivity contribution is 0.329. The summed E-state index contributed by atoms with van der Waals surface area (Å²) in [7, 11) is 1.42. The molecule has 0 atom stereocenters. The molecule has 0 spiro atoms. The average molecular weight is 249 g/mol. The maximum absolute atomic E-state index is 8.96. The first kappa shape index (κ1) is 13.8. The van der Waals surface area contributed by atoms with Crippen LogP contribution in [0.15, 0.2) is 18.0 Å². The van der Waals surface area contributed by atoms with Crippen molar-refractivity contribution in [2.45, 2.75) is 6.92 Å². The van der Waals surface area contributed by atoms with E-state index < -0.39 is 0 Å². The van der Waals surface area contributed by atoms with Gasteiger partial charge in [0.15, 0.2) is 5.82 Å². The Kier molecular flexibility index (Phi) is 4.48. The van der Waals surface area contributed by atoms with Crippen molar-refractivity contribution in [2.75, 3.05) is 18.7 Å². The number of hydrogen-bond donors (Lipinski definition) is 3. The second-order valence-electron chi connectivity index (χ2n) is 3.56. The van der Waals surface area contributed by atoms with Crippen LogP contribution in [0.2, 0.25) is 0 Å². The molecule has 0 radical (unpaired) electrons. The average Bonchev–Trinajstić information content (AvgIpc) is 2.37. The molecule has 1 heterocycles. The van der Waals surface area contributed by atoms with E-state index in [0.717, 1.165) is 5.01 Å². The number of aromatic nitrogens is 1. The number of aryl methyl sites for hydroxylation is 1. The van der Waals surface area contributed by atoms with E-state index in [4.69, 9.17) is 26.7 Å². The lowest BCUT2D eigenvalue weighted by atomic mass is 10.1. The Hall–Kier alpha value is -2.30. The minimum atomic E-state index is -0.305. The molecule has 0 amide bonds. The van der Waals surface area contributed by atoms with Crippen LogP contribution in [-0.4, -0.2) is 23.8 Å². The first-order valence-corrected chi connectivity index (χ1v) is 5.10. The third kappa shape index (κ3) is 2.88. The summed E-state index contributed by atoms with van der Waals surface area (Å²) in [6, 6.07) is 3.63. The first-order chi connectivity index (χ1) is 8.53. The van der Waals surface area contributed by atoms with Gasteiger partial charge in [-0.3, -0.25) is 5.01 Å². The molecule has 1 rings (SSSR count). The summed E-state index contributed by atoms with van der Waals surface area (Å²) in [5, 5.41) is 18.9. The molecule has 18 heavy (non-hydrogen) atoms. The summed E-state index contributed by atoms with van der Waals surface area (Å²) in [5.74, 6) is 6.27. The summed E-state index contributed by atoms with van der Waals surface area (Å²) in [6.07, 6.45) is 1.34. The zero-order valence-corrected chi connectivity index (χ0v) is 10.2. The number of rotatable bonds is 4. The number of aliphatic hydroxyl groups excluding tert-OH is 1. The largest absolute Gasteiger partial charge is 0.480 e. The number of nitriles is 1. The highest BCUT2D eigenvalue weighted by Crippen LogP contribution is 2.23. The zero-order chi connectivity index (χ0) is 13.7. The molecule has 0 fully saturated rings. The lowest BCUT2D eigenvalue weighted by Crippen LogP contribution is -2.27. The van der Waals surface area contributed by atoms with Crippen molar-refractivity contribution in [3.63, 3.8) is 0 Å². The third-order valence-electron chi connectivity index (χ3n) is 2.23. The summed E-state index contributed by atoms with van der Waals surface area (Å²) in [5.41, 5.74) is 6.69. The van der Waals surface area contributed by atoms with Crippen LogP contribution in [0, 0.1) is 18.3 Å². The van der Waals surface area contributed by atoms with Gasteiger partial charge < -0.3 is 15.6 Å². The van der Waals surface area contributed by atoms with E-state index >= 15 is 0 Å². The van der Waals surface area contributed by atoms with Crippen molar-refractivity contribution in [1.29, 1.82) is 5.26 Å². The number of ether oxygens (including phenoxy) is 1. The van der Waals surface area contributed by atoms with Gasteiger partial charge in [0.1, 0.15) is 11.6 Å². The van der Waals surface area contributed by atoms with E-state index in [2.05, 4.69) is 4.98 Å². The molecule has 0 aliphatic heterocycles. The molecule has 0 aliphatic rings. The standard InChI is InChI=1S/C11H15N5O2/c1-7-3-10(16(14)5-8(13)6-17)15-11(18-2)9(7)4-12/h3,5,17H,6,13-14H2,1-2H3/b8-5-. The predicted molar refractivity (Wildman–Crippen MR) is 66.3 cm³/mol. The van der Waals surface area contributed by atoms with Crippen LogP contribution < -0.4 is 21.3 Å². The van der Waals surface area contributed by atoms with Crippen LogP contribution in [0.4, 0.5) is 5.82 Å². The summed E-state index contributed by atoms with van der Waals surface area (Å²) in [6.45, 7) is 1.44. The van der Waals surface area contributed by atoms with Crippen molar-refractivity contribution < 1.29 is 9.84 Å². The number of aliphatic hydroxyl groups is 1. The smallest absolute Gasteiger partial charge is 0.233 e. The van der Waals surface area contributed by atoms with Gasteiger partial charge in [-0.25, -0.2) is 5.84 Å². The maximum Gasteiger partial charge on any atom is 0.233 e. The Morgan fingerprint density at radius 3 is 2.89 bits per heavy atom.